The number of unbranched alkanes of at least 4 members (excludes halogenated alkanes) is 4. The summed E-state index contributed by atoms with van der Waals surface area (Å²) in [5.41, 5.74) is 3.52. The molecule has 158 valence electrons. The number of aryl methyl sites for hydroxylation is 2. The molecule has 0 aliphatic carbocycles. The molecule has 0 spiro atoms. The first kappa shape index (κ1) is 21.8. The van der Waals surface area contributed by atoms with Gasteiger partial charge in [0.25, 0.3) is 11.8 Å². The van der Waals surface area contributed by atoms with Crippen molar-refractivity contribution >= 4 is 23.4 Å². The molecular weight excluding hydrogens is 376 g/mol. The third-order valence-electron chi connectivity index (χ3n) is 5.61. The minimum absolute atomic E-state index is 0.0586. The Morgan fingerprint density at radius 2 is 1.53 bits per heavy atom. The van der Waals surface area contributed by atoms with Gasteiger partial charge in [-0.15, -0.1) is 0 Å². The lowest BCUT2D eigenvalue weighted by Gasteiger charge is -2.28. The van der Waals surface area contributed by atoms with E-state index in [1.165, 1.54) is 11.3 Å². The molecule has 3 amide bonds. The topological polar surface area (TPSA) is 57.7 Å². The van der Waals surface area contributed by atoms with E-state index < -0.39 is 0 Å². The van der Waals surface area contributed by atoms with Crippen LogP contribution in [0.3, 0.4) is 0 Å². The highest BCUT2D eigenvalue weighted by molar-refractivity contribution is 6.21. The molecule has 2 aromatic rings. The van der Waals surface area contributed by atoms with Gasteiger partial charge in [0.2, 0.25) is 5.91 Å². The van der Waals surface area contributed by atoms with Gasteiger partial charge < -0.3 is 0 Å². The minimum Gasteiger partial charge on any atom is -0.293 e. The zero-order valence-electron chi connectivity index (χ0n) is 18.1. The lowest BCUT2D eigenvalue weighted by molar-refractivity contribution is -0.119. The molecule has 0 saturated heterocycles. The highest BCUT2D eigenvalue weighted by atomic mass is 16.2. The summed E-state index contributed by atoms with van der Waals surface area (Å²) in [4.78, 5) is 41.7. The molecule has 0 radical (unpaired) electrons. The zero-order valence-corrected chi connectivity index (χ0v) is 18.1. The summed E-state index contributed by atoms with van der Waals surface area (Å²) in [6.07, 6.45) is 5.66. The van der Waals surface area contributed by atoms with Crippen LogP contribution < -0.4 is 4.90 Å². The van der Waals surface area contributed by atoms with Crippen molar-refractivity contribution in [1.29, 1.82) is 0 Å². The summed E-state index contributed by atoms with van der Waals surface area (Å²) in [5.74, 6) is -0.750. The van der Waals surface area contributed by atoms with Gasteiger partial charge in [0, 0.05) is 12.1 Å². The Balaban J connectivity index is 1.83. The van der Waals surface area contributed by atoms with Gasteiger partial charge in [-0.05, 0) is 49.6 Å². The molecule has 30 heavy (non-hydrogen) atoms. The van der Waals surface area contributed by atoms with E-state index in [1.807, 2.05) is 32.0 Å². The largest absolute Gasteiger partial charge is 0.293 e. The lowest BCUT2D eigenvalue weighted by Crippen LogP contribution is -2.44. The summed E-state index contributed by atoms with van der Waals surface area (Å²) < 4.78 is 0. The van der Waals surface area contributed by atoms with Gasteiger partial charge >= 0.3 is 0 Å². The van der Waals surface area contributed by atoms with Crippen molar-refractivity contribution in [3.8, 4) is 0 Å². The normalized spacial score (nSPS) is 13.0. The van der Waals surface area contributed by atoms with Crippen molar-refractivity contribution in [3.63, 3.8) is 0 Å². The van der Waals surface area contributed by atoms with E-state index in [2.05, 4.69) is 6.92 Å². The Morgan fingerprint density at radius 3 is 2.17 bits per heavy atom. The molecule has 0 saturated carbocycles. The highest BCUT2D eigenvalue weighted by Crippen LogP contribution is 2.27. The maximum absolute atomic E-state index is 13.2. The fraction of sp³-hybridized carbons (Fsp3) is 0.400. The second-order valence-corrected chi connectivity index (χ2v) is 8.00. The third-order valence-corrected chi connectivity index (χ3v) is 5.61. The first-order valence-electron chi connectivity index (χ1n) is 10.8. The quantitative estimate of drug-likeness (QED) is 0.422. The van der Waals surface area contributed by atoms with Crippen molar-refractivity contribution in [2.24, 2.45) is 0 Å². The van der Waals surface area contributed by atoms with E-state index in [9.17, 15) is 14.4 Å². The minimum atomic E-state index is -0.346. The van der Waals surface area contributed by atoms with Gasteiger partial charge in [0.05, 0.1) is 11.1 Å². The van der Waals surface area contributed by atoms with Crippen LogP contribution in [0.4, 0.5) is 5.69 Å². The molecule has 3 rings (SSSR count). The number of hydrogen-bond acceptors (Lipinski definition) is 3. The van der Waals surface area contributed by atoms with Gasteiger partial charge in [0.15, 0.2) is 0 Å². The molecule has 2 aromatic carbocycles. The van der Waals surface area contributed by atoms with Crippen LogP contribution in [0.25, 0.3) is 0 Å². The summed E-state index contributed by atoms with van der Waals surface area (Å²) in [7, 11) is 0. The average molecular weight is 407 g/mol. The van der Waals surface area contributed by atoms with Gasteiger partial charge in [0.1, 0.15) is 6.67 Å². The molecule has 0 atom stereocenters. The number of carbonyl (C=O) groups excluding carboxylic acids is 3. The maximum atomic E-state index is 13.2. The van der Waals surface area contributed by atoms with Crippen LogP contribution in [0, 0.1) is 13.8 Å². The number of carbonyl (C=O) groups is 3. The first-order chi connectivity index (χ1) is 14.4. The van der Waals surface area contributed by atoms with Crippen molar-refractivity contribution in [2.75, 3.05) is 11.6 Å². The monoisotopic (exact) mass is 406 g/mol. The number of fused-ring (bicyclic) bond motifs is 1. The van der Waals surface area contributed by atoms with Crippen molar-refractivity contribution in [2.45, 2.75) is 59.3 Å². The van der Waals surface area contributed by atoms with E-state index in [1.54, 1.807) is 29.2 Å². The fourth-order valence-corrected chi connectivity index (χ4v) is 3.82. The Labute approximate surface area is 178 Å². The van der Waals surface area contributed by atoms with Crippen LogP contribution in [0.15, 0.2) is 42.5 Å². The zero-order chi connectivity index (χ0) is 21.7. The standard InChI is InChI=1S/C25H30N2O3/c1-4-5-6-7-8-13-23(28)26(22-16-18(2)14-15-19(22)3)17-27-24(29)20-11-9-10-12-21(20)25(27)30/h9-12,14-16H,4-8,13,17H2,1-3H3. The summed E-state index contributed by atoms with van der Waals surface area (Å²) in [6, 6.07) is 12.7. The van der Waals surface area contributed by atoms with Crippen LogP contribution in [-0.4, -0.2) is 29.3 Å². The van der Waals surface area contributed by atoms with Crippen LogP contribution in [0.1, 0.15) is 77.3 Å². The first-order valence-corrected chi connectivity index (χ1v) is 10.8. The molecule has 5 nitrogen and oxygen atoms in total. The second-order valence-electron chi connectivity index (χ2n) is 8.00. The van der Waals surface area contributed by atoms with Crippen LogP contribution in [0.5, 0.6) is 0 Å². The van der Waals surface area contributed by atoms with Crippen LogP contribution in [-0.2, 0) is 4.79 Å². The van der Waals surface area contributed by atoms with E-state index in [0.717, 1.165) is 42.5 Å². The lowest BCUT2D eigenvalue weighted by atomic mass is 10.1. The van der Waals surface area contributed by atoms with E-state index in [4.69, 9.17) is 0 Å². The van der Waals surface area contributed by atoms with E-state index >= 15 is 0 Å². The molecule has 0 unspecified atom stereocenters. The molecule has 1 aliphatic rings. The van der Waals surface area contributed by atoms with Crippen LogP contribution in [0.2, 0.25) is 0 Å². The summed E-state index contributed by atoms with van der Waals surface area (Å²) >= 11 is 0. The maximum Gasteiger partial charge on any atom is 0.263 e. The SMILES string of the molecule is CCCCCCCC(=O)N(CN1C(=O)c2ccccc2C1=O)c1cc(C)ccc1C. The predicted octanol–water partition coefficient (Wildman–Crippen LogP) is 5.25. The summed E-state index contributed by atoms with van der Waals surface area (Å²) in [6.45, 7) is 6.01. The Morgan fingerprint density at radius 1 is 0.900 bits per heavy atom. The van der Waals surface area contributed by atoms with Crippen molar-refractivity contribution < 1.29 is 14.4 Å². The number of anilines is 1. The van der Waals surface area contributed by atoms with Crippen molar-refractivity contribution in [3.05, 3.63) is 64.7 Å². The van der Waals surface area contributed by atoms with Crippen molar-refractivity contribution in [1.82, 2.24) is 4.90 Å². The highest BCUT2D eigenvalue weighted by Gasteiger charge is 2.37. The average Bonchev–Trinajstić information content (AvgIpc) is 2.98. The molecule has 0 aromatic heterocycles. The van der Waals surface area contributed by atoms with Gasteiger partial charge in [-0.2, -0.15) is 0 Å². The summed E-state index contributed by atoms with van der Waals surface area (Å²) in [5, 5.41) is 0. The smallest absolute Gasteiger partial charge is 0.263 e. The van der Waals surface area contributed by atoms with Crippen LogP contribution >= 0.6 is 0 Å². The van der Waals surface area contributed by atoms with E-state index in [-0.39, 0.29) is 24.4 Å². The molecule has 0 fully saturated rings. The number of amides is 3. The number of nitrogens with zero attached hydrogens (tertiary/aromatic N) is 2. The third kappa shape index (κ3) is 4.61. The number of hydrogen-bond donors (Lipinski definition) is 0. The Hall–Kier alpha value is -2.95. The predicted molar refractivity (Wildman–Crippen MR) is 119 cm³/mol. The number of benzene rings is 2. The molecule has 0 N–H and O–H groups in total. The Kier molecular flexibility index (Phi) is 7.03. The number of imide groups is 1. The molecular formula is C25H30N2O3. The molecule has 1 heterocycles. The molecule has 1 aliphatic heterocycles. The van der Waals surface area contributed by atoms with Gasteiger partial charge in [-0.3, -0.25) is 24.2 Å². The molecule has 5 heteroatoms. The number of rotatable bonds is 9. The van der Waals surface area contributed by atoms with E-state index in [0.29, 0.717) is 17.5 Å². The Bertz CT molecular complexity index is 916. The molecule has 0 bridgehead atoms. The fourth-order valence-electron chi connectivity index (χ4n) is 3.82. The second kappa shape index (κ2) is 9.70. The van der Waals surface area contributed by atoms with Gasteiger partial charge in [-0.1, -0.05) is 56.9 Å². The van der Waals surface area contributed by atoms with Gasteiger partial charge in [-0.25, -0.2) is 0 Å².